The van der Waals surface area contributed by atoms with E-state index in [4.69, 9.17) is 14.4 Å². The van der Waals surface area contributed by atoms with Crippen LogP contribution in [0.5, 0.6) is 5.75 Å². The monoisotopic (exact) mass is 382 g/mol. The highest BCUT2D eigenvalue weighted by Crippen LogP contribution is 2.33. The molecule has 0 radical (unpaired) electrons. The van der Waals surface area contributed by atoms with Crippen molar-refractivity contribution in [1.82, 2.24) is 10.5 Å². The largest absolute Gasteiger partial charge is 0.493 e. The fourth-order valence-electron chi connectivity index (χ4n) is 2.35. The smallest absolute Gasteiger partial charge is 0.404 e. The minimum Gasteiger partial charge on any atom is -0.493 e. The zero-order valence-corrected chi connectivity index (χ0v) is 14.5. The van der Waals surface area contributed by atoms with Crippen LogP contribution in [0.25, 0.3) is 11.3 Å². The van der Waals surface area contributed by atoms with Gasteiger partial charge in [0.15, 0.2) is 5.76 Å². The van der Waals surface area contributed by atoms with E-state index in [0.717, 1.165) is 10.0 Å². The molecule has 2 rings (SSSR count). The summed E-state index contributed by atoms with van der Waals surface area (Å²) < 4.78 is 12.0. The van der Waals surface area contributed by atoms with E-state index in [2.05, 4.69) is 26.4 Å². The number of hydrogen-bond donors (Lipinski definition) is 2. The Morgan fingerprint density at radius 2 is 2.22 bits per heavy atom. The maximum absolute atomic E-state index is 10.6. The van der Waals surface area contributed by atoms with Gasteiger partial charge in [-0.25, -0.2) is 4.79 Å². The zero-order valence-electron chi connectivity index (χ0n) is 13.0. The number of benzene rings is 1. The van der Waals surface area contributed by atoms with E-state index in [0.29, 0.717) is 24.5 Å². The Kier molecular flexibility index (Phi) is 6.04. The van der Waals surface area contributed by atoms with Gasteiger partial charge in [-0.2, -0.15) is 0 Å². The minimum atomic E-state index is -1.01. The summed E-state index contributed by atoms with van der Waals surface area (Å²) in [7, 11) is 0. The van der Waals surface area contributed by atoms with Gasteiger partial charge in [0.25, 0.3) is 0 Å². The summed E-state index contributed by atoms with van der Waals surface area (Å²) in [5.74, 6) is 1.54. The molecule has 0 bridgehead atoms. The number of carboxylic acid groups (broad SMARTS) is 1. The first kappa shape index (κ1) is 17.3. The number of ether oxygens (including phenoxy) is 1. The van der Waals surface area contributed by atoms with E-state index < -0.39 is 6.09 Å². The van der Waals surface area contributed by atoms with Crippen LogP contribution in [0.15, 0.2) is 39.5 Å². The molecule has 1 amide bonds. The quantitative estimate of drug-likeness (QED) is 0.750. The SMILES string of the molecule is CC(COc1ccc(Br)cc1-c1ccno1)CC(C)NC(=O)O. The average molecular weight is 383 g/mol. The van der Waals surface area contributed by atoms with Crippen LogP contribution in [-0.2, 0) is 0 Å². The Bertz CT molecular complexity index is 646. The van der Waals surface area contributed by atoms with E-state index in [1.165, 1.54) is 0 Å². The molecule has 0 aliphatic heterocycles. The van der Waals surface area contributed by atoms with Crippen LogP contribution < -0.4 is 10.1 Å². The van der Waals surface area contributed by atoms with Crippen molar-refractivity contribution in [3.05, 3.63) is 34.9 Å². The van der Waals surface area contributed by atoms with Crippen molar-refractivity contribution in [2.75, 3.05) is 6.61 Å². The summed E-state index contributed by atoms with van der Waals surface area (Å²) in [5, 5.41) is 14.9. The van der Waals surface area contributed by atoms with Crippen LogP contribution in [-0.4, -0.2) is 29.0 Å². The van der Waals surface area contributed by atoms with Crippen LogP contribution in [0.4, 0.5) is 4.79 Å². The molecule has 1 heterocycles. The number of nitrogens with one attached hydrogen (secondary N) is 1. The van der Waals surface area contributed by atoms with E-state index in [-0.39, 0.29) is 12.0 Å². The molecule has 6 nitrogen and oxygen atoms in total. The molecule has 7 heteroatoms. The number of aromatic nitrogens is 1. The predicted molar refractivity (Wildman–Crippen MR) is 89.5 cm³/mol. The molecular formula is C16H19BrN2O4. The molecule has 2 aromatic rings. The second-order valence-corrected chi connectivity index (χ2v) is 6.44. The summed E-state index contributed by atoms with van der Waals surface area (Å²) in [5.41, 5.74) is 0.820. The first-order valence-corrected chi connectivity index (χ1v) is 8.08. The highest BCUT2D eigenvalue weighted by atomic mass is 79.9. The van der Waals surface area contributed by atoms with Crippen LogP contribution in [0.2, 0.25) is 0 Å². The van der Waals surface area contributed by atoms with Crippen molar-refractivity contribution in [2.24, 2.45) is 5.92 Å². The molecule has 124 valence electrons. The second kappa shape index (κ2) is 8.01. The number of amides is 1. The zero-order chi connectivity index (χ0) is 16.8. The third kappa shape index (κ3) is 5.28. The van der Waals surface area contributed by atoms with Crippen molar-refractivity contribution in [3.63, 3.8) is 0 Å². The number of nitrogens with zero attached hydrogens (tertiary/aromatic N) is 1. The lowest BCUT2D eigenvalue weighted by atomic mass is 10.0. The molecule has 0 spiro atoms. The van der Waals surface area contributed by atoms with Crippen LogP contribution in [0.1, 0.15) is 20.3 Å². The third-order valence-electron chi connectivity index (χ3n) is 3.29. The molecular weight excluding hydrogens is 364 g/mol. The number of rotatable bonds is 7. The normalized spacial score (nSPS) is 13.3. The van der Waals surface area contributed by atoms with Gasteiger partial charge in [-0.1, -0.05) is 28.0 Å². The van der Waals surface area contributed by atoms with Crippen molar-refractivity contribution in [2.45, 2.75) is 26.3 Å². The van der Waals surface area contributed by atoms with Crippen molar-refractivity contribution >= 4 is 22.0 Å². The highest BCUT2D eigenvalue weighted by Gasteiger charge is 2.14. The molecule has 0 fully saturated rings. The molecule has 23 heavy (non-hydrogen) atoms. The molecule has 0 saturated carbocycles. The van der Waals surface area contributed by atoms with Crippen molar-refractivity contribution in [1.29, 1.82) is 0 Å². The van der Waals surface area contributed by atoms with Gasteiger partial charge in [-0.05, 0) is 37.5 Å². The van der Waals surface area contributed by atoms with Crippen molar-refractivity contribution in [3.8, 4) is 17.1 Å². The maximum atomic E-state index is 10.6. The van der Waals surface area contributed by atoms with E-state index >= 15 is 0 Å². The summed E-state index contributed by atoms with van der Waals surface area (Å²) in [6, 6.07) is 7.33. The molecule has 0 aliphatic carbocycles. The summed E-state index contributed by atoms with van der Waals surface area (Å²) >= 11 is 3.44. The first-order chi connectivity index (χ1) is 11.0. The summed E-state index contributed by atoms with van der Waals surface area (Å²) in [6.45, 7) is 4.34. The molecule has 1 aromatic carbocycles. The van der Waals surface area contributed by atoms with Gasteiger partial charge in [-0.15, -0.1) is 0 Å². The Morgan fingerprint density at radius 1 is 1.43 bits per heavy atom. The van der Waals surface area contributed by atoms with Crippen LogP contribution in [0, 0.1) is 5.92 Å². The number of carbonyl (C=O) groups is 1. The van der Waals surface area contributed by atoms with Crippen molar-refractivity contribution < 1.29 is 19.2 Å². The van der Waals surface area contributed by atoms with Crippen LogP contribution >= 0.6 is 15.9 Å². The summed E-state index contributed by atoms with van der Waals surface area (Å²) in [6.07, 6.45) is 1.27. The summed E-state index contributed by atoms with van der Waals surface area (Å²) in [4.78, 5) is 10.6. The Morgan fingerprint density at radius 3 is 2.87 bits per heavy atom. The van der Waals surface area contributed by atoms with Gasteiger partial charge < -0.3 is 19.7 Å². The van der Waals surface area contributed by atoms with Gasteiger partial charge in [0.05, 0.1) is 18.4 Å². The lowest BCUT2D eigenvalue weighted by Crippen LogP contribution is -2.33. The molecule has 2 unspecified atom stereocenters. The molecule has 0 saturated heterocycles. The van der Waals surface area contributed by atoms with Gasteiger partial charge >= 0.3 is 6.09 Å². The first-order valence-electron chi connectivity index (χ1n) is 7.28. The Hall–Kier alpha value is -2.02. The van der Waals surface area contributed by atoms with E-state index in [1.807, 2.05) is 32.0 Å². The Labute approximate surface area is 142 Å². The predicted octanol–water partition coefficient (Wildman–Crippen LogP) is 4.17. The highest BCUT2D eigenvalue weighted by molar-refractivity contribution is 9.10. The van der Waals surface area contributed by atoms with Gasteiger partial charge in [-0.3, -0.25) is 0 Å². The lowest BCUT2D eigenvalue weighted by molar-refractivity contribution is 0.185. The maximum Gasteiger partial charge on any atom is 0.404 e. The second-order valence-electron chi connectivity index (χ2n) is 5.52. The van der Waals surface area contributed by atoms with Gasteiger partial charge in [0.1, 0.15) is 5.75 Å². The minimum absolute atomic E-state index is 0.121. The topological polar surface area (TPSA) is 84.6 Å². The van der Waals surface area contributed by atoms with E-state index in [9.17, 15) is 4.79 Å². The lowest BCUT2D eigenvalue weighted by Gasteiger charge is -2.18. The van der Waals surface area contributed by atoms with Gasteiger partial charge in [0, 0.05) is 16.6 Å². The third-order valence-corrected chi connectivity index (χ3v) is 3.79. The van der Waals surface area contributed by atoms with E-state index in [1.54, 1.807) is 12.3 Å². The van der Waals surface area contributed by atoms with Crippen LogP contribution in [0.3, 0.4) is 0 Å². The number of halogens is 1. The molecule has 1 aromatic heterocycles. The standard InChI is InChI=1S/C16H19BrN2O4/c1-10(7-11(2)19-16(20)21)9-22-14-4-3-12(17)8-13(14)15-5-6-18-23-15/h3-6,8,10-11,19H,7,9H2,1-2H3,(H,20,21). The average Bonchev–Trinajstić information content (AvgIpc) is 2.98. The fraction of sp³-hybridized carbons (Fsp3) is 0.375. The number of hydrogen-bond acceptors (Lipinski definition) is 4. The molecule has 2 atom stereocenters. The Balaban J connectivity index is 1.99. The molecule has 2 N–H and O–H groups in total. The fourth-order valence-corrected chi connectivity index (χ4v) is 2.71. The molecule has 0 aliphatic rings. The van der Waals surface area contributed by atoms with Gasteiger partial charge in [0.2, 0.25) is 0 Å².